The summed E-state index contributed by atoms with van der Waals surface area (Å²) in [5, 5.41) is 0.645. The normalized spacial score (nSPS) is 17.9. The maximum atomic E-state index is 6.23. The van der Waals surface area contributed by atoms with E-state index in [1.165, 1.54) is 32.1 Å². The maximum Gasteiger partial charge on any atom is 0.137 e. The van der Waals surface area contributed by atoms with Crippen molar-refractivity contribution in [2.75, 3.05) is 7.11 Å². The Bertz CT molecular complexity index is 388. The third kappa shape index (κ3) is 3.39. The minimum Gasteiger partial charge on any atom is -0.495 e. The fourth-order valence-electron chi connectivity index (χ4n) is 2.79. The summed E-state index contributed by atoms with van der Waals surface area (Å²) in [5.41, 5.74) is 7.34. The van der Waals surface area contributed by atoms with Crippen LogP contribution < -0.4 is 10.5 Å². The summed E-state index contributed by atoms with van der Waals surface area (Å²) in [6, 6.07) is 5.94. The summed E-state index contributed by atoms with van der Waals surface area (Å²) >= 11 is 6.12. The standard InChI is InChI=1S/C15H22ClNO/c1-18-15-9-7-12(10-13(15)16)14(17)8-6-11-4-2-3-5-11/h7,9-11,14H,2-6,8,17H2,1H3. The minimum atomic E-state index is 0.0917. The molecule has 3 heteroatoms. The van der Waals surface area contributed by atoms with Gasteiger partial charge in [-0.3, -0.25) is 0 Å². The predicted octanol–water partition coefficient (Wildman–Crippen LogP) is 4.32. The van der Waals surface area contributed by atoms with Gasteiger partial charge in [-0.05, 0) is 36.5 Å². The maximum absolute atomic E-state index is 6.23. The van der Waals surface area contributed by atoms with Gasteiger partial charge in [-0.2, -0.15) is 0 Å². The zero-order chi connectivity index (χ0) is 13.0. The van der Waals surface area contributed by atoms with E-state index in [9.17, 15) is 0 Å². The highest BCUT2D eigenvalue weighted by molar-refractivity contribution is 6.32. The molecule has 0 bridgehead atoms. The van der Waals surface area contributed by atoms with Gasteiger partial charge in [-0.15, -0.1) is 0 Å². The van der Waals surface area contributed by atoms with Gasteiger partial charge in [0.15, 0.2) is 0 Å². The van der Waals surface area contributed by atoms with Crippen LogP contribution in [0.1, 0.15) is 50.1 Å². The monoisotopic (exact) mass is 267 g/mol. The molecule has 18 heavy (non-hydrogen) atoms. The first-order chi connectivity index (χ1) is 8.70. The molecule has 1 aliphatic carbocycles. The van der Waals surface area contributed by atoms with Gasteiger partial charge < -0.3 is 10.5 Å². The van der Waals surface area contributed by atoms with Crippen LogP contribution in [0.2, 0.25) is 5.02 Å². The molecule has 2 nitrogen and oxygen atoms in total. The van der Waals surface area contributed by atoms with Crippen molar-refractivity contribution in [3.63, 3.8) is 0 Å². The highest BCUT2D eigenvalue weighted by atomic mass is 35.5. The Morgan fingerprint density at radius 2 is 2.11 bits per heavy atom. The molecule has 1 aromatic rings. The first kappa shape index (κ1) is 13.7. The van der Waals surface area contributed by atoms with Crippen molar-refractivity contribution in [3.05, 3.63) is 28.8 Å². The number of nitrogens with two attached hydrogens (primary N) is 1. The summed E-state index contributed by atoms with van der Waals surface area (Å²) in [4.78, 5) is 0. The zero-order valence-electron chi connectivity index (χ0n) is 11.0. The van der Waals surface area contributed by atoms with Gasteiger partial charge in [0.25, 0.3) is 0 Å². The molecule has 1 saturated carbocycles. The molecule has 1 aromatic carbocycles. The Labute approximate surface area is 114 Å². The number of halogens is 1. The van der Waals surface area contributed by atoms with Crippen molar-refractivity contribution >= 4 is 11.6 Å². The van der Waals surface area contributed by atoms with E-state index < -0.39 is 0 Å². The molecule has 2 N–H and O–H groups in total. The lowest BCUT2D eigenvalue weighted by Crippen LogP contribution is -2.11. The van der Waals surface area contributed by atoms with Gasteiger partial charge in [0, 0.05) is 6.04 Å². The second kappa shape index (κ2) is 6.44. The summed E-state index contributed by atoms with van der Waals surface area (Å²) in [5.74, 6) is 1.60. The van der Waals surface area contributed by atoms with E-state index >= 15 is 0 Å². The van der Waals surface area contributed by atoms with Crippen LogP contribution in [0.15, 0.2) is 18.2 Å². The molecule has 1 unspecified atom stereocenters. The summed E-state index contributed by atoms with van der Waals surface area (Å²) in [6.07, 6.45) is 7.85. The lowest BCUT2D eigenvalue weighted by atomic mass is 9.95. The lowest BCUT2D eigenvalue weighted by molar-refractivity contribution is 0.414. The van der Waals surface area contributed by atoms with E-state index in [1.807, 2.05) is 18.2 Å². The molecule has 100 valence electrons. The predicted molar refractivity (Wildman–Crippen MR) is 76.1 cm³/mol. The molecule has 0 amide bonds. The van der Waals surface area contributed by atoms with Gasteiger partial charge in [0.2, 0.25) is 0 Å². The van der Waals surface area contributed by atoms with Crippen LogP contribution in [-0.2, 0) is 0 Å². The molecule has 0 radical (unpaired) electrons. The van der Waals surface area contributed by atoms with E-state index in [-0.39, 0.29) is 6.04 Å². The van der Waals surface area contributed by atoms with E-state index in [0.717, 1.165) is 17.9 Å². The van der Waals surface area contributed by atoms with Crippen LogP contribution in [0.3, 0.4) is 0 Å². The van der Waals surface area contributed by atoms with Crippen LogP contribution in [0.4, 0.5) is 0 Å². The summed E-state index contributed by atoms with van der Waals surface area (Å²) in [6.45, 7) is 0. The molecule has 1 atom stereocenters. The average Bonchev–Trinajstić information content (AvgIpc) is 2.89. The van der Waals surface area contributed by atoms with Crippen molar-refractivity contribution in [1.82, 2.24) is 0 Å². The smallest absolute Gasteiger partial charge is 0.137 e. The SMILES string of the molecule is COc1ccc(C(N)CCC2CCCC2)cc1Cl. The highest BCUT2D eigenvalue weighted by Crippen LogP contribution is 2.32. The van der Waals surface area contributed by atoms with E-state index in [0.29, 0.717) is 10.8 Å². The Kier molecular flexibility index (Phi) is 4.90. The fourth-order valence-corrected chi connectivity index (χ4v) is 3.06. The Balaban J connectivity index is 1.91. The number of hydrogen-bond donors (Lipinski definition) is 1. The van der Waals surface area contributed by atoms with Crippen LogP contribution in [0, 0.1) is 5.92 Å². The number of methoxy groups -OCH3 is 1. The van der Waals surface area contributed by atoms with Gasteiger partial charge >= 0.3 is 0 Å². The van der Waals surface area contributed by atoms with Gasteiger partial charge in [0.1, 0.15) is 5.75 Å². The first-order valence-electron chi connectivity index (χ1n) is 6.79. The van der Waals surface area contributed by atoms with E-state index in [1.54, 1.807) is 7.11 Å². The fraction of sp³-hybridized carbons (Fsp3) is 0.600. The topological polar surface area (TPSA) is 35.2 Å². The van der Waals surface area contributed by atoms with Crippen molar-refractivity contribution in [3.8, 4) is 5.75 Å². The van der Waals surface area contributed by atoms with Crippen LogP contribution in [0.25, 0.3) is 0 Å². The second-order valence-corrected chi connectivity index (χ2v) is 5.64. The molecule has 0 heterocycles. The molecular weight excluding hydrogens is 246 g/mol. The molecule has 0 spiro atoms. The first-order valence-corrected chi connectivity index (χ1v) is 7.17. The lowest BCUT2D eigenvalue weighted by Gasteiger charge is -2.16. The summed E-state index contributed by atoms with van der Waals surface area (Å²) < 4.78 is 5.15. The number of benzene rings is 1. The second-order valence-electron chi connectivity index (χ2n) is 5.23. The van der Waals surface area contributed by atoms with Gasteiger partial charge in [-0.1, -0.05) is 43.4 Å². The zero-order valence-corrected chi connectivity index (χ0v) is 11.7. The quantitative estimate of drug-likeness (QED) is 0.862. The van der Waals surface area contributed by atoms with E-state index in [2.05, 4.69) is 0 Å². The third-order valence-electron chi connectivity index (χ3n) is 3.96. The average molecular weight is 268 g/mol. The van der Waals surface area contributed by atoms with Crippen LogP contribution >= 0.6 is 11.6 Å². The number of rotatable bonds is 5. The largest absolute Gasteiger partial charge is 0.495 e. The van der Waals surface area contributed by atoms with Crippen molar-refractivity contribution in [1.29, 1.82) is 0 Å². The van der Waals surface area contributed by atoms with Crippen LogP contribution in [-0.4, -0.2) is 7.11 Å². The van der Waals surface area contributed by atoms with Crippen molar-refractivity contribution in [2.45, 2.75) is 44.6 Å². The molecular formula is C15H22ClNO. The third-order valence-corrected chi connectivity index (χ3v) is 4.26. The van der Waals surface area contributed by atoms with Crippen molar-refractivity contribution in [2.24, 2.45) is 11.7 Å². The number of hydrogen-bond acceptors (Lipinski definition) is 2. The molecule has 1 aliphatic rings. The highest BCUT2D eigenvalue weighted by Gasteiger charge is 2.17. The molecule has 2 rings (SSSR count). The minimum absolute atomic E-state index is 0.0917. The Morgan fingerprint density at radius 3 is 2.72 bits per heavy atom. The summed E-state index contributed by atoms with van der Waals surface area (Å²) in [7, 11) is 1.63. The molecule has 0 aliphatic heterocycles. The Morgan fingerprint density at radius 1 is 1.39 bits per heavy atom. The Hall–Kier alpha value is -0.730. The number of ether oxygens (including phenoxy) is 1. The van der Waals surface area contributed by atoms with Gasteiger partial charge in [-0.25, -0.2) is 0 Å². The molecule has 1 fully saturated rings. The molecule has 0 saturated heterocycles. The van der Waals surface area contributed by atoms with Gasteiger partial charge in [0.05, 0.1) is 12.1 Å². The molecule has 0 aromatic heterocycles. The van der Waals surface area contributed by atoms with E-state index in [4.69, 9.17) is 22.1 Å². The van der Waals surface area contributed by atoms with Crippen molar-refractivity contribution < 1.29 is 4.74 Å². The van der Waals surface area contributed by atoms with Crippen LogP contribution in [0.5, 0.6) is 5.75 Å².